The Hall–Kier alpha value is -2.65. The average molecular weight is 563 g/mol. The van der Waals surface area contributed by atoms with E-state index in [1.54, 1.807) is 25.7 Å². The number of carbonyl (C=O) groups excluding carboxylic acids is 5. The highest BCUT2D eigenvalue weighted by molar-refractivity contribution is 6.37. The minimum Gasteiger partial charge on any atom is -0.444 e. The first-order chi connectivity index (χ1) is 18.3. The lowest BCUT2D eigenvalue weighted by atomic mass is 9.80. The molecule has 4 N–H and O–H groups in total. The largest absolute Gasteiger partial charge is 0.444 e. The first-order valence-corrected chi connectivity index (χ1v) is 14.8. The van der Waals surface area contributed by atoms with Gasteiger partial charge in [-0.25, -0.2) is 4.79 Å². The molecule has 1 heterocycles. The van der Waals surface area contributed by atoms with Gasteiger partial charge in [0.05, 0.1) is 6.04 Å². The Bertz CT molecular complexity index is 1010. The van der Waals surface area contributed by atoms with E-state index in [4.69, 9.17) is 10.5 Å². The van der Waals surface area contributed by atoms with E-state index in [9.17, 15) is 24.0 Å². The quantitative estimate of drug-likeness (QED) is 0.348. The monoisotopic (exact) mass is 562 g/mol. The van der Waals surface area contributed by atoms with Gasteiger partial charge in [-0.05, 0) is 75.0 Å². The Labute approximate surface area is 238 Å². The van der Waals surface area contributed by atoms with Gasteiger partial charge >= 0.3 is 6.09 Å². The number of alkyl carbamates (subject to hydrolysis) is 1. The van der Waals surface area contributed by atoms with E-state index in [0.29, 0.717) is 31.2 Å². The molecule has 226 valence electrons. The van der Waals surface area contributed by atoms with Crippen LogP contribution in [0.3, 0.4) is 0 Å². The van der Waals surface area contributed by atoms with Gasteiger partial charge in [-0.2, -0.15) is 0 Å². The number of Topliss-reactive ketones (excluding diaryl/α,β-unsaturated/α-hetero) is 1. The van der Waals surface area contributed by atoms with Gasteiger partial charge in [0.2, 0.25) is 17.6 Å². The number of nitrogens with two attached hydrogens (primary N) is 1. The second-order valence-electron chi connectivity index (χ2n) is 14.8. The number of amides is 4. The first-order valence-electron chi connectivity index (χ1n) is 14.8. The number of carbonyl (C=O) groups is 5. The molecule has 0 bridgehead atoms. The average Bonchev–Trinajstić information content (AvgIpc) is 3.25. The number of hydrogen-bond donors (Lipinski definition) is 3. The van der Waals surface area contributed by atoms with Crippen molar-refractivity contribution >= 4 is 29.6 Å². The highest BCUT2D eigenvalue weighted by atomic mass is 16.6. The number of primary amides is 1. The lowest BCUT2D eigenvalue weighted by Crippen LogP contribution is -2.59. The smallest absolute Gasteiger partial charge is 0.408 e. The lowest BCUT2D eigenvalue weighted by Gasteiger charge is -2.36. The Kier molecular flexibility index (Phi) is 9.31. The fraction of sp³-hybridized carbons (Fsp3) is 0.833. The minimum absolute atomic E-state index is 0.173. The van der Waals surface area contributed by atoms with Crippen molar-refractivity contribution in [3.8, 4) is 0 Å². The van der Waals surface area contributed by atoms with E-state index in [-0.39, 0.29) is 17.2 Å². The van der Waals surface area contributed by atoms with E-state index in [1.807, 2.05) is 20.8 Å². The molecule has 2 saturated carbocycles. The summed E-state index contributed by atoms with van der Waals surface area (Å²) in [5.41, 5.74) is 3.74. The zero-order valence-corrected chi connectivity index (χ0v) is 25.6. The molecule has 40 heavy (non-hydrogen) atoms. The minimum atomic E-state index is -1.08. The maximum Gasteiger partial charge on any atom is 0.408 e. The highest BCUT2D eigenvalue weighted by Crippen LogP contribution is 2.62. The molecular weight excluding hydrogens is 512 g/mol. The van der Waals surface area contributed by atoms with Crippen molar-refractivity contribution in [1.29, 1.82) is 0 Å². The van der Waals surface area contributed by atoms with Gasteiger partial charge in [-0.15, -0.1) is 0 Å². The SMILES string of the molecule is CC(C)CC1C[C@@]12CC(C(=O)NC(CC1CCC1)C(=O)C(N)=O)N(C(=O)[C@@H](NC(=O)OC(C)(C)C)C(C)(C)C)C2. The van der Waals surface area contributed by atoms with Crippen molar-refractivity contribution in [1.82, 2.24) is 15.5 Å². The molecular formula is C30H50N4O6. The number of nitrogens with zero attached hydrogens (tertiary/aromatic N) is 1. The van der Waals surface area contributed by atoms with Crippen LogP contribution < -0.4 is 16.4 Å². The summed E-state index contributed by atoms with van der Waals surface area (Å²) in [5.74, 6) is -1.57. The lowest BCUT2D eigenvalue weighted by molar-refractivity contribution is -0.143. The fourth-order valence-electron chi connectivity index (χ4n) is 6.23. The van der Waals surface area contributed by atoms with E-state index < -0.39 is 52.8 Å². The number of likely N-dealkylation sites (tertiary alicyclic amines) is 1. The van der Waals surface area contributed by atoms with Crippen molar-refractivity contribution in [2.24, 2.45) is 34.3 Å². The summed E-state index contributed by atoms with van der Waals surface area (Å²) < 4.78 is 5.44. The summed E-state index contributed by atoms with van der Waals surface area (Å²) in [7, 11) is 0. The van der Waals surface area contributed by atoms with E-state index in [2.05, 4.69) is 24.5 Å². The van der Waals surface area contributed by atoms with Crippen LogP contribution in [0.1, 0.15) is 100 Å². The Morgan fingerprint density at radius 3 is 2.08 bits per heavy atom. The van der Waals surface area contributed by atoms with E-state index >= 15 is 0 Å². The Morgan fingerprint density at radius 2 is 1.60 bits per heavy atom. The van der Waals surface area contributed by atoms with Crippen LogP contribution >= 0.6 is 0 Å². The predicted octanol–water partition coefficient (Wildman–Crippen LogP) is 3.31. The van der Waals surface area contributed by atoms with E-state index in [1.165, 1.54) is 0 Å². The second-order valence-corrected chi connectivity index (χ2v) is 14.8. The molecule has 0 aromatic carbocycles. The molecule has 3 unspecified atom stereocenters. The normalized spacial score (nSPS) is 26.2. The van der Waals surface area contributed by atoms with Crippen LogP contribution in [0.5, 0.6) is 0 Å². The van der Waals surface area contributed by atoms with Crippen LogP contribution in [-0.4, -0.2) is 64.8 Å². The molecule has 10 nitrogen and oxygen atoms in total. The van der Waals surface area contributed by atoms with Crippen molar-refractivity contribution in [2.45, 2.75) is 124 Å². The first kappa shape index (κ1) is 31.9. The summed E-state index contributed by atoms with van der Waals surface area (Å²) in [6.07, 6.45) is 4.99. The zero-order valence-electron chi connectivity index (χ0n) is 25.6. The highest BCUT2D eigenvalue weighted by Gasteiger charge is 2.62. The van der Waals surface area contributed by atoms with Gasteiger partial charge in [0, 0.05) is 6.54 Å². The van der Waals surface area contributed by atoms with Crippen molar-refractivity contribution in [3.05, 3.63) is 0 Å². The van der Waals surface area contributed by atoms with E-state index in [0.717, 1.165) is 32.1 Å². The molecule has 3 aliphatic rings. The summed E-state index contributed by atoms with van der Waals surface area (Å²) in [6, 6.07) is -2.76. The van der Waals surface area contributed by atoms with Gasteiger partial charge in [-0.3, -0.25) is 19.2 Å². The molecule has 3 rings (SSSR count). The summed E-state index contributed by atoms with van der Waals surface area (Å²) in [6.45, 7) is 15.5. The van der Waals surface area contributed by atoms with Gasteiger partial charge in [0.1, 0.15) is 17.7 Å². The van der Waals surface area contributed by atoms with Gasteiger partial charge in [-0.1, -0.05) is 53.9 Å². The molecule has 5 atom stereocenters. The molecule has 1 spiro atoms. The number of rotatable bonds is 10. The predicted molar refractivity (Wildman–Crippen MR) is 151 cm³/mol. The third kappa shape index (κ3) is 7.75. The van der Waals surface area contributed by atoms with Crippen molar-refractivity contribution in [2.75, 3.05) is 6.54 Å². The summed E-state index contributed by atoms with van der Waals surface area (Å²) >= 11 is 0. The van der Waals surface area contributed by atoms with Crippen molar-refractivity contribution in [3.63, 3.8) is 0 Å². The maximum atomic E-state index is 14.1. The van der Waals surface area contributed by atoms with Crippen LogP contribution in [0, 0.1) is 28.6 Å². The Balaban J connectivity index is 1.87. The van der Waals surface area contributed by atoms with Crippen LogP contribution in [0.2, 0.25) is 0 Å². The number of nitrogens with one attached hydrogen (secondary N) is 2. The molecule has 1 aliphatic heterocycles. The van der Waals surface area contributed by atoms with Crippen LogP contribution in [0.25, 0.3) is 0 Å². The topological polar surface area (TPSA) is 148 Å². The molecule has 0 radical (unpaired) electrons. The molecule has 0 aromatic rings. The molecule has 1 saturated heterocycles. The van der Waals surface area contributed by atoms with Gasteiger partial charge in [0.25, 0.3) is 5.91 Å². The number of ether oxygens (including phenoxy) is 1. The number of ketones is 1. The zero-order chi connectivity index (χ0) is 30.2. The van der Waals surface area contributed by atoms with Crippen LogP contribution in [0.4, 0.5) is 4.79 Å². The Morgan fingerprint density at radius 1 is 0.975 bits per heavy atom. The summed E-state index contributed by atoms with van der Waals surface area (Å²) in [4.78, 5) is 66.7. The molecule has 10 heteroatoms. The summed E-state index contributed by atoms with van der Waals surface area (Å²) in [5, 5.41) is 5.56. The molecule has 2 aliphatic carbocycles. The van der Waals surface area contributed by atoms with Gasteiger partial charge < -0.3 is 26.0 Å². The van der Waals surface area contributed by atoms with Crippen molar-refractivity contribution < 1.29 is 28.7 Å². The third-order valence-corrected chi connectivity index (χ3v) is 8.61. The van der Waals surface area contributed by atoms with Crippen LogP contribution in [0.15, 0.2) is 0 Å². The number of hydrogen-bond acceptors (Lipinski definition) is 6. The third-order valence-electron chi connectivity index (χ3n) is 8.61. The standard InChI is InChI=1S/C30H50N4O6/c1-17(2)12-19-14-30(19)15-21(25(37)32-20(22(35)24(31)36)13-18-10-9-11-18)34(16-30)26(38)23(28(3,4)5)33-27(39)40-29(6,7)8/h17-21,23H,9-16H2,1-8H3,(H2,31,36)(H,32,37)(H,33,39)/t19?,20?,21?,23-,30+/m1/s1. The fourth-order valence-corrected chi connectivity index (χ4v) is 6.23. The van der Waals surface area contributed by atoms with Gasteiger partial charge in [0.15, 0.2) is 0 Å². The molecule has 0 aromatic heterocycles. The second kappa shape index (κ2) is 11.7. The molecule has 3 fully saturated rings. The molecule has 4 amide bonds. The maximum absolute atomic E-state index is 14.1. The van der Waals surface area contributed by atoms with Crippen LogP contribution in [-0.2, 0) is 23.9 Å².